The number of likely N-dealkylation sites (tertiary alicyclic amines) is 1. The molecule has 0 saturated carbocycles. The van der Waals surface area contributed by atoms with Crippen LogP contribution in [0.3, 0.4) is 0 Å². The molecule has 0 aliphatic carbocycles. The fourth-order valence-electron chi connectivity index (χ4n) is 3.84. The number of nitrogens with one attached hydrogen (secondary N) is 2. The van der Waals surface area contributed by atoms with Gasteiger partial charge in [-0.15, -0.1) is 11.3 Å². The lowest BCUT2D eigenvalue weighted by Crippen LogP contribution is -2.50. The molecule has 2 aliphatic rings. The van der Waals surface area contributed by atoms with Crippen LogP contribution in [-0.2, 0) is 0 Å². The second kappa shape index (κ2) is 8.72. The van der Waals surface area contributed by atoms with Crippen molar-refractivity contribution in [3.05, 3.63) is 17.5 Å². The van der Waals surface area contributed by atoms with E-state index in [0.29, 0.717) is 12.1 Å². The summed E-state index contributed by atoms with van der Waals surface area (Å²) in [6.45, 7) is 7.91. The summed E-state index contributed by atoms with van der Waals surface area (Å²) < 4.78 is 0. The topological polar surface area (TPSA) is 42.9 Å². The zero-order valence-electron chi connectivity index (χ0n) is 15.0. The van der Waals surface area contributed by atoms with Gasteiger partial charge in [0.1, 0.15) is 0 Å². The van der Waals surface area contributed by atoms with Crippen LogP contribution in [-0.4, -0.2) is 62.7 Å². The van der Waals surface area contributed by atoms with Crippen LogP contribution in [0.2, 0.25) is 0 Å². The molecule has 0 bridgehead atoms. The Kier molecular flexibility index (Phi) is 6.37. The fourth-order valence-corrected chi connectivity index (χ4v) is 4.62. The van der Waals surface area contributed by atoms with Crippen molar-refractivity contribution >= 4 is 22.3 Å². The van der Waals surface area contributed by atoms with Crippen LogP contribution in [0, 0.1) is 0 Å². The van der Waals surface area contributed by atoms with Gasteiger partial charge in [0.2, 0.25) is 0 Å². The largest absolute Gasteiger partial charge is 0.363 e. The van der Waals surface area contributed by atoms with Gasteiger partial charge in [0.15, 0.2) is 5.96 Å². The van der Waals surface area contributed by atoms with Crippen molar-refractivity contribution in [2.45, 2.75) is 44.7 Å². The van der Waals surface area contributed by atoms with E-state index in [9.17, 15) is 0 Å². The van der Waals surface area contributed by atoms with Crippen LogP contribution in [0.15, 0.2) is 22.5 Å². The van der Waals surface area contributed by atoms with Crippen molar-refractivity contribution in [1.82, 2.24) is 15.5 Å². The Morgan fingerprint density at radius 1 is 1.29 bits per heavy atom. The van der Waals surface area contributed by atoms with Crippen LogP contribution in [0.1, 0.15) is 32.6 Å². The Hall–Kier alpha value is -1.27. The average molecular weight is 350 g/mol. The third kappa shape index (κ3) is 4.42. The number of aliphatic imine (C=N–C) groups is 1. The average Bonchev–Trinajstić information content (AvgIpc) is 3.30. The lowest BCUT2D eigenvalue weighted by molar-refractivity contribution is 0.266. The Morgan fingerprint density at radius 3 is 2.79 bits per heavy atom. The second-order valence-electron chi connectivity index (χ2n) is 6.73. The van der Waals surface area contributed by atoms with Crippen LogP contribution in [0.4, 0.5) is 5.00 Å². The van der Waals surface area contributed by atoms with Crippen molar-refractivity contribution < 1.29 is 0 Å². The number of hydrogen-bond acceptors (Lipinski definition) is 4. The maximum absolute atomic E-state index is 4.43. The summed E-state index contributed by atoms with van der Waals surface area (Å²) in [6.07, 6.45) is 4.97. The highest BCUT2D eigenvalue weighted by Gasteiger charge is 2.24. The first kappa shape index (κ1) is 17.5. The van der Waals surface area contributed by atoms with Gasteiger partial charge in [-0.05, 0) is 56.3 Å². The standard InChI is InChI=1S/C18H31N5S/c1-3-22-10-4-6-16(22)14-20-18(19-2)21-15-8-11-23(12-9-15)17-7-5-13-24-17/h5,7,13,15-16H,3-4,6,8-12,14H2,1-2H3,(H2,19,20,21). The molecule has 1 atom stereocenters. The van der Waals surface area contributed by atoms with E-state index in [1.807, 2.05) is 18.4 Å². The highest BCUT2D eigenvalue weighted by Crippen LogP contribution is 2.24. The summed E-state index contributed by atoms with van der Waals surface area (Å²) in [7, 11) is 1.88. The van der Waals surface area contributed by atoms with E-state index in [4.69, 9.17) is 0 Å². The van der Waals surface area contributed by atoms with Crippen LogP contribution < -0.4 is 15.5 Å². The number of thiophene rings is 1. The first-order valence-corrected chi connectivity index (χ1v) is 10.2. The molecular weight excluding hydrogens is 318 g/mol. The minimum Gasteiger partial charge on any atom is -0.363 e. The maximum Gasteiger partial charge on any atom is 0.191 e. The third-order valence-electron chi connectivity index (χ3n) is 5.29. The predicted octanol–water partition coefficient (Wildman–Crippen LogP) is 2.37. The molecule has 0 amide bonds. The predicted molar refractivity (Wildman–Crippen MR) is 104 cm³/mol. The van der Waals surface area contributed by atoms with E-state index in [0.717, 1.165) is 32.1 Å². The lowest BCUT2D eigenvalue weighted by atomic mass is 10.1. The Balaban J connectivity index is 1.41. The Bertz CT molecular complexity index is 507. The molecule has 134 valence electrons. The quantitative estimate of drug-likeness (QED) is 0.633. The number of hydrogen-bond donors (Lipinski definition) is 2. The second-order valence-corrected chi connectivity index (χ2v) is 7.66. The molecule has 1 unspecified atom stereocenters. The minimum atomic E-state index is 0.526. The number of rotatable bonds is 5. The highest BCUT2D eigenvalue weighted by molar-refractivity contribution is 7.14. The summed E-state index contributed by atoms with van der Waals surface area (Å²) >= 11 is 1.84. The third-order valence-corrected chi connectivity index (χ3v) is 6.22. The van der Waals surface area contributed by atoms with E-state index < -0.39 is 0 Å². The summed E-state index contributed by atoms with van der Waals surface area (Å²) in [6, 6.07) is 5.55. The molecule has 3 heterocycles. The van der Waals surface area contributed by atoms with Crippen molar-refractivity contribution in [1.29, 1.82) is 0 Å². The number of nitrogens with zero attached hydrogens (tertiary/aromatic N) is 3. The maximum atomic E-state index is 4.43. The molecule has 1 aromatic heterocycles. The van der Waals surface area contributed by atoms with Gasteiger partial charge in [-0.1, -0.05) is 6.92 Å². The lowest BCUT2D eigenvalue weighted by Gasteiger charge is -2.34. The highest BCUT2D eigenvalue weighted by atomic mass is 32.1. The first-order valence-electron chi connectivity index (χ1n) is 9.30. The summed E-state index contributed by atoms with van der Waals surface area (Å²) in [5.41, 5.74) is 0. The van der Waals surface area contributed by atoms with Crippen molar-refractivity contribution in [2.24, 2.45) is 4.99 Å². The van der Waals surface area contributed by atoms with Crippen LogP contribution >= 0.6 is 11.3 Å². The number of likely N-dealkylation sites (N-methyl/N-ethyl adjacent to an activating group) is 1. The molecule has 0 radical (unpaired) electrons. The monoisotopic (exact) mass is 349 g/mol. The van der Waals surface area contributed by atoms with Gasteiger partial charge in [-0.25, -0.2) is 0 Å². The molecule has 3 rings (SSSR count). The molecule has 2 saturated heterocycles. The van der Waals surface area contributed by atoms with Gasteiger partial charge >= 0.3 is 0 Å². The zero-order valence-corrected chi connectivity index (χ0v) is 15.8. The molecule has 2 aliphatic heterocycles. The fraction of sp³-hybridized carbons (Fsp3) is 0.722. The minimum absolute atomic E-state index is 0.526. The molecule has 1 aromatic rings. The molecule has 5 nitrogen and oxygen atoms in total. The van der Waals surface area contributed by atoms with Crippen molar-refractivity contribution in [2.75, 3.05) is 44.7 Å². The number of guanidine groups is 1. The summed E-state index contributed by atoms with van der Waals surface area (Å²) in [5, 5.41) is 10.7. The number of piperidine rings is 1. The molecule has 0 aromatic carbocycles. The van der Waals surface area contributed by atoms with Gasteiger partial charge in [0, 0.05) is 38.8 Å². The van der Waals surface area contributed by atoms with Gasteiger partial charge in [-0.2, -0.15) is 0 Å². The number of anilines is 1. The van der Waals surface area contributed by atoms with E-state index in [1.165, 1.54) is 37.2 Å². The molecule has 24 heavy (non-hydrogen) atoms. The van der Waals surface area contributed by atoms with E-state index in [-0.39, 0.29) is 0 Å². The Morgan fingerprint density at radius 2 is 2.12 bits per heavy atom. The first-order chi connectivity index (χ1) is 11.8. The summed E-state index contributed by atoms with van der Waals surface area (Å²) in [5.74, 6) is 0.965. The van der Waals surface area contributed by atoms with E-state index in [1.54, 1.807) is 0 Å². The smallest absolute Gasteiger partial charge is 0.191 e. The normalized spacial score (nSPS) is 23.7. The van der Waals surface area contributed by atoms with Crippen molar-refractivity contribution in [3.8, 4) is 0 Å². The van der Waals surface area contributed by atoms with Crippen molar-refractivity contribution in [3.63, 3.8) is 0 Å². The SMILES string of the molecule is CCN1CCCC1CNC(=NC)NC1CCN(c2cccs2)CC1. The van der Waals surface area contributed by atoms with Gasteiger partial charge in [0.25, 0.3) is 0 Å². The van der Waals surface area contributed by atoms with Crippen LogP contribution in [0.5, 0.6) is 0 Å². The molecular formula is C18H31N5S. The van der Waals surface area contributed by atoms with E-state index >= 15 is 0 Å². The van der Waals surface area contributed by atoms with Gasteiger partial charge in [0.05, 0.1) is 5.00 Å². The Labute approximate surface area is 150 Å². The van der Waals surface area contributed by atoms with Gasteiger partial charge in [-0.3, -0.25) is 9.89 Å². The molecule has 0 spiro atoms. The summed E-state index contributed by atoms with van der Waals surface area (Å²) in [4.78, 5) is 9.49. The molecule has 2 N–H and O–H groups in total. The zero-order chi connectivity index (χ0) is 16.8. The van der Waals surface area contributed by atoms with Crippen LogP contribution in [0.25, 0.3) is 0 Å². The van der Waals surface area contributed by atoms with Gasteiger partial charge < -0.3 is 15.5 Å². The molecule has 2 fully saturated rings. The van der Waals surface area contributed by atoms with E-state index in [2.05, 4.69) is 49.9 Å². The molecule has 6 heteroatoms.